The molecule has 7 N–H and O–H groups in total. The number of ether oxygens (including phenoxy) is 2. The van der Waals surface area contributed by atoms with E-state index < -0.39 is 23.6 Å². The van der Waals surface area contributed by atoms with E-state index in [9.17, 15) is 19.2 Å². The maximum absolute atomic E-state index is 13.8. The van der Waals surface area contributed by atoms with Crippen molar-refractivity contribution in [1.29, 1.82) is 0 Å². The van der Waals surface area contributed by atoms with Crippen LogP contribution in [-0.2, 0) is 26.1 Å². The average molecular weight is 801 g/mol. The van der Waals surface area contributed by atoms with Crippen LogP contribution < -0.4 is 36.9 Å². The number of amides is 4. The quantitative estimate of drug-likeness (QED) is 0.139. The molecule has 304 valence electrons. The molecule has 18 nitrogen and oxygen atoms in total. The summed E-state index contributed by atoms with van der Waals surface area (Å²) in [6.45, 7) is 9.28. The summed E-state index contributed by atoms with van der Waals surface area (Å²) in [7, 11) is 0. The van der Waals surface area contributed by atoms with E-state index in [1.54, 1.807) is 50.3 Å². The molecule has 2 atom stereocenters. The van der Waals surface area contributed by atoms with Crippen molar-refractivity contribution in [1.82, 2.24) is 39.4 Å². The lowest BCUT2D eigenvalue weighted by atomic mass is 10.0. The average Bonchev–Trinajstić information content (AvgIpc) is 4.00. The molecule has 6 heterocycles. The van der Waals surface area contributed by atoms with Crippen LogP contribution >= 0.6 is 0 Å². The number of nitrogens with zero attached hydrogens (tertiary/aromatic N) is 7. The molecule has 0 unspecified atom stereocenters. The van der Waals surface area contributed by atoms with Gasteiger partial charge in [0, 0.05) is 55.2 Å². The Bertz CT molecular complexity index is 2710. The highest BCUT2D eigenvalue weighted by molar-refractivity contribution is 6.06. The number of nitrogens with two attached hydrogens (primary N) is 2. The van der Waals surface area contributed by atoms with E-state index in [1.165, 1.54) is 0 Å². The third kappa shape index (κ3) is 7.69. The van der Waals surface area contributed by atoms with Gasteiger partial charge in [0.25, 0.3) is 11.8 Å². The number of benzene rings is 2. The predicted molar refractivity (Wildman–Crippen MR) is 219 cm³/mol. The Kier molecular flexibility index (Phi) is 10.3. The molecule has 0 spiro atoms. The monoisotopic (exact) mass is 800 g/mol. The van der Waals surface area contributed by atoms with Gasteiger partial charge in [-0.15, -0.1) is 0 Å². The second-order valence-corrected chi connectivity index (χ2v) is 14.6. The summed E-state index contributed by atoms with van der Waals surface area (Å²) in [6, 6.07) is 11.5. The first-order valence-electron chi connectivity index (χ1n) is 19.4. The number of aryl methyl sites for hydroxylation is 4. The van der Waals surface area contributed by atoms with Crippen LogP contribution in [0.3, 0.4) is 0 Å². The first-order chi connectivity index (χ1) is 28.4. The largest absolute Gasteiger partial charge is 0.490 e. The highest BCUT2D eigenvalue weighted by Crippen LogP contribution is 2.35. The molecule has 0 saturated carbocycles. The molecule has 18 heteroatoms. The number of hydrogen-bond donors (Lipinski definition) is 5. The summed E-state index contributed by atoms with van der Waals surface area (Å²) in [4.78, 5) is 62.2. The second-order valence-electron chi connectivity index (χ2n) is 14.6. The number of carbonyl (C=O) groups is 4. The number of primary amides is 2. The first-order valence-corrected chi connectivity index (χ1v) is 19.4. The molecule has 4 bridgehead atoms. The van der Waals surface area contributed by atoms with Crippen LogP contribution in [0.25, 0.3) is 21.9 Å². The van der Waals surface area contributed by atoms with E-state index in [1.807, 2.05) is 45.9 Å². The van der Waals surface area contributed by atoms with E-state index in [0.717, 1.165) is 0 Å². The standard InChI is InChI=1S/C41H44N12O6/c1-5-52-31(11-21(3)49-52)39(56)47-38-23-9-7-8-10-51-35-30(46-41(51)48-40(57)32-12-22(4)50-53(32)6-2)15-25(37(43)55)17-34(35)58-20-26-18-27(19-44-26)59-33-16-24(36(42)54)14-29(45-38)28(33)13-23/h7-8,11-17,26-27,44H,5-6,9-10,18-20H2,1-4H3,(H2,42,54)(H2,43,55)(H,45,47,56)(H,46,48,57)/b8-7+/t26-,27-/m1/s1. The topological polar surface area (TPSA) is 241 Å². The van der Waals surface area contributed by atoms with Crippen molar-refractivity contribution in [3.8, 4) is 11.5 Å². The fourth-order valence-electron chi connectivity index (χ4n) is 7.58. The minimum atomic E-state index is -0.665. The van der Waals surface area contributed by atoms with Crippen molar-refractivity contribution in [2.45, 2.75) is 72.3 Å². The van der Waals surface area contributed by atoms with E-state index >= 15 is 0 Å². The molecule has 2 aliphatic rings. The van der Waals surface area contributed by atoms with Gasteiger partial charge in [-0.3, -0.25) is 33.9 Å². The zero-order valence-electron chi connectivity index (χ0n) is 33.0. The Balaban J connectivity index is 1.24. The van der Waals surface area contributed by atoms with E-state index in [0.29, 0.717) is 94.3 Å². The number of allylic oxidation sites excluding steroid dienone is 2. The van der Waals surface area contributed by atoms with Crippen molar-refractivity contribution >= 4 is 57.3 Å². The molecule has 8 rings (SSSR count). The number of pyridine rings is 1. The molecule has 59 heavy (non-hydrogen) atoms. The minimum Gasteiger partial charge on any atom is -0.490 e. The number of fused-ring (bicyclic) bond motifs is 3. The molecular weight excluding hydrogens is 757 g/mol. The van der Waals surface area contributed by atoms with Gasteiger partial charge < -0.3 is 36.1 Å². The van der Waals surface area contributed by atoms with Crippen LogP contribution in [0.1, 0.15) is 78.9 Å². The lowest BCUT2D eigenvalue weighted by molar-refractivity contribution is 0.0991. The lowest BCUT2D eigenvalue weighted by Crippen LogP contribution is -2.28. The lowest BCUT2D eigenvalue weighted by Gasteiger charge is -2.18. The van der Waals surface area contributed by atoms with Gasteiger partial charge in [0.15, 0.2) is 0 Å². The van der Waals surface area contributed by atoms with Gasteiger partial charge in [0.1, 0.15) is 46.9 Å². The Labute approximate surface area is 337 Å². The molecule has 1 fully saturated rings. The third-order valence-electron chi connectivity index (χ3n) is 10.4. The van der Waals surface area contributed by atoms with Crippen molar-refractivity contribution in [2.24, 2.45) is 11.5 Å². The predicted octanol–water partition coefficient (Wildman–Crippen LogP) is 3.64. The number of imidazole rings is 1. The summed E-state index contributed by atoms with van der Waals surface area (Å²) in [5.41, 5.74) is 16.0. The molecule has 4 amide bonds. The van der Waals surface area contributed by atoms with Crippen molar-refractivity contribution in [2.75, 3.05) is 23.8 Å². The number of carbonyl (C=O) groups excluding carboxylic acids is 4. The molecule has 4 aromatic heterocycles. The van der Waals surface area contributed by atoms with Gasteiger partial charge >= 0.3 is 0 Å². The molecule has 2 aromatic carbocycles. The van der Waals surface area contributed by atoms with E-state index in [2.05, 4.69) is 26.1 Å². The molecule has 6 aromatic rings. The van der Waals surface area contributed by atoms with Crippen molar-refractivity contribution < 1.29 is 28.7 Å². The smallest absolute Gasteiger partial charge is 0.276 e. The first kappa shape index (κ1) is 38.8. The molecule has 0 aliphatic carbocycles. The Morgan fingerprint density at radius 2 is 1.46 bits per heavy atom. The SMILES string of the molecule is CCn1nc(C)cc1C(=O)Nc1nc2cc(C(N)=O)cc3c2cc1C/C=C/Cn1c(NC(=O)c2cc(C)nn2CC)nc2cc(C(N)=O)cc(c21)OC[C@H]1C[C@H](CN1)O3. The van der Waals surface area contributed by atoms with Crippen molar-refractivity contribution in [3.63, 3.8) is 0 Å². The number of aromatic nitrogens is 7. The molecule has 2 aliphatic heterocycles. The van der Waals surface area contributed by atoms with Crippen molar-refractivity contribution in [3.05, 3.63) is 94.1 Å². The Morgan fingerprint density at radius 1 is 0.814 bits per heavy atom. The number of nitrogens with one attached hydrogen (secondary N) is 3. The Morgan fingerprint density at radius 3 is 2.12 bits per heavy atom. The van der Waals surface area contributed by atoms with Crippen LogP contribution in [0, 0.1) is 13.8 Å². The van der Waals surface area contributed by atoms with Crippen LogP contribution in [0.2, 0.25) is 0 Å². The van der Waals surface area contributed by atoms with E-state index in [-0.39, 0.29) is 48.2 Å². The second kappa shape index (κ2) is 15.7. The number of hydrogen-bond acceptors (Lipinski definition) is 11. The van der Waals surface area contributed by atoms with E-state index in [4.69, 9.17) is 30.9 Å². The van der Waals surface area contributed by atoms with Crippen LogP contribution in [-0.4, -0.2) is 83.0 Å². The molecule has 1 saturated heterocycles. The van der Waals surface area contributed by atoms with Crippen LogP contribution in [0.5, 0.6) is 11.5 Å². The summed E-state index contributed by atoms with van der Waals surface area (Å²) < 4.78 is 18.0. The molecule has 0 radical (unpaired) electrons. The van der Waals surface area contributed by atoms with Gasteiger partial charge in [0.2, 0.25) is 17.8 Å². The van der Waals surface area contributed by atoms with Gasteiger partial charge in [-0.2, -0.15) is 10.2 Å². The summed E-state index contributed by atoms with van der Waals surface area (Å²) in [6.07, 6.45) is 4.31. The fourth-order valence-corrected chi connectivity index (χ4v) is 7.58. The maximum atomic E-state index is 13.8. The minimum absolute atomic E-state index is 0.169. The summed E-state index contributed by atoms with van der Waals surface area (Å²) in [5.74, 6) is -0.877. The zero-order chi connectivity index (χ0) is 41.5. The third-order valence-corrected chi connectivity index (χ3v) is 10.4. The molecular formula is C41H44N12O6. The van der Waals surface area contributed by atoms with Crippen LogP contribution in [0.4, 0.5) is 11.8 Å². The maximum Gasteiger partial charge on any atom is 0.276 e. The zero-order valence-corrected chi connectivity index (χ0v) is 33.0. The summed E-state index contributed by atoms with van der Waals surface area (Å²) in [5, 5.41) is 18.9. The summed E-state index contributed by atoms with van der Waals surface area (Å²) >= 11 is 0. The normalized spacial score (nSPS) is 17.0. The highest BCUT2D eigenvalue weighted by Gasteiger charge is 2.29. The highest BCUT2D eigenvalue weighted by atomic mass is 16.5. The van der Waals surface area contributed by atoms with Gasteiger partial charge in [-0.1, -0.05) is 12.2 Å². The number of rotatable bonds is 8. The van der Waals surface area contributed by atoms with Gasteiger partial charge in [-0.25, -0.2) is 9.97 Å². The van der Waals surface area contributed by atoms with Gasteiger partial charge in [-0.05, 0) is 82.1 Å². The van der Waals surface area contributed by atoms with Crippen LogP contribution in [0.15, 0.2) is 54.6 Å². The Hall–Kier alpha value is -7.08. The fraction of sp³-hybridized carbons (Fsp3) is 0.317. The number of anilines is 2. The van der Waals surface area contributed by atoms with Gasteiger partial charge in [0.05, 0.1) is 22.4 Å².